The van der Waals surface area contributed by atoms with E-state index in [0.717, 1.165) is 12.8 Å². The van der Waals surface area contributed by atoms with E-state index in [1.165, 1.54) is 6.20 Å². The van der Waals surface area contributed by atoms with E-state index in [-0.39, 0.29) is 5.97 Å². The quantitative estimate of drug-likeness (QED) is 0.771. The molecule has 1 atom stereocenters. The third-order valence-corrected chi connectivity index (χ3v) is 2.64. The molecule has 0 amide bonds. The Labute approximate surface area is 102 Å². The fourth-order valence-electron chi connectivity index (χ4n) is 1.73. The van der Waals surface area contributed by atoms with Gasteiger partial charge in [0.15, 0.2) is 5.69 Å². The molecule has 0 saturated heterocycles. The van der Waals surface area contributed by atoms with Gasteiger partial charge in [-0.25, -0.2) is 4.79 Å². The van der Waals surface area contributed by atoms with Gasteiger partial charge >= 0.3 is 5.97 Å². The first-order chi connectivity index (χ1) is 8.10. The molecule has 0 aliphatic carbocycles. The van der Waals surface area contributed by atoms with Gasteiger partial charge in [0, 0.05) is 6.54 Å². The number of hydrogen-bond acceptors (Lipinski definition) is 4. The van der Waals surface area contributed by atoms with Gasteiger partial charge in [0.25, 0.3) is 0 Å². The van der Waals surface area contributed by atoms with Gasteiger partial charge in [0.05, 0.1) is 18.5 Å². The minimum Gasteiger partial charge on any atom is -0.461 e. The van der Waals surface area contributed by atoms with Crippen LogP contribution in [0.4, 0.5) is 5.69 Å². The molecule has 96 valence electrons. The number of aryl methyl sites for hydroxylation is 1. The monoisotopic (exact) mass is 239 g/mol. The Balaban J connectivity index is 2.60. The summed E-state index contributed by atoms with van der Waals surface area (Å²) in [5, 5.41) is 4.01. The van der Waals surface area contributed by atoms with Crippen molar-refractivity contribution in [2.24, 2.45) is 5.92 Å². The maximum absolute atomic E-state index is 11.9. The highest BCUT2D eigenvalue weighted by Gasteiger charge is 2.18. The van der Waals surface area contributed by atoms with Crippen LogP contribution in [-0.4, -0.2) is 22.4 Å². The van der Waals surface area contributed by atoms with Crippen LogP contribution in [0.5, 0.6) is 0 Å². The first-order valence-electron chi connectivity index (χ1n) is 6.08. The van der Waals surface area contributed by atoms with E-state index >= 15 is 0 Å². The Morgan fingerprint density at radius 2 is 2.29 bits per heavy atom. The molecule has 0 aromatic carbocycles. The van der Waals surface area contributed by atoms with Crippen LogP contribution in [0.1, 0.15) is 44.1 Å². The second kappa shape index (κ2) is 6.27. The Hall–Kier alpha value is -1.52. The zero-order valence-corrected chi connectivity index (χ0v) is 10.8. The molecule has 0 aliphatic heterocycles. The highest BCUT2D eigenvalue weighted by atomic mass is 16.5. The van der Waals surface area contributed by atoms with Crippen molar-refractivity contribution in [2.75, 3.05) is 12.3 Å². The fraction of sp³-hybridized carbons (Fsp3) is 0.667. The number of carbonyl (C=O) groups excluding carboxylic acids is 1. The number of rotatable bonds is 6. The lowest BCUT2D eigenvalue weighted by atomic mass is 10.1. The number of esters is 1. The molecule has 2 N–H and O–H groups in total. The lowest BCUT2D eigenvalue weighted by molar-refractivity contribution is 0.0431. The molecule has 0 bridgehead atoms. The van der Waals surface area contributed by atoms with Crippen LogP contribution < -0.4 is 5.73 Å². The number of hydrogen-bond donors (Lipinski definition) is 1. The van der Waals surface area contributed by atoms with Gasteiger partial charge in [-0.05, 0) is 19.3 Å². The number of aromatic nitrogens is 2. The topological polar surface area (TPSA) is 70.1 Å². The van der Waals surface area contributed by atoms with Crippen LogP contribution in [0.3, 0.4) is 0 Å². The SMILES string of the molecule is CCCC(C)COC(=O)c1c(N)cnn1CC. The van der Waals surface area contributed by atoms with E-state index in [9.17, 15) is 4.79 Å². The highest BCUT2D eigenvalue weighted by molar-refractivity contribution is 5.93. The van der Waals surface area contributed by atoms with Gasteiger partial charge in [0.2, 0.25) is 0 Å². The molecule has 0 saturated carbocycles. The number of ether oxygens (including phenoxy) is 1. The van der Waals surface area contributed by atoms with Gasteiger partial charge in [-0.1, -0.05) is 20.3 Å². The van der Waals surface area contributed by atoms with Crippen LogP contribution in [0, 0.1) is 5.92 Å². The van der Waals surface area contributed by atoms with Crippen LogP contribution in [0.25, 0.3) is 0 Å². The minimum absolute atomic E-state index is 0.358. The van der Waals surface area contributed by atoms with Gasteiger partial charge in [0.1, 0.15) is 0 Å². The van der Waals surface area contributed by atoms with E-state index in [2.05, 4.69) is 18.9 Å². The van der Waals surface area contributed by atoms with Crippen molar-refractivity contribution in [1.82, 2.24) is 9.78 Å². The molecule has 17 heavy (non-hydrogen) atoms. The summed E-state index contributed by atoms with van der Waals surface area (Å²) in [7, 11) is 0. The summed E-state index contributed by atoms with van der Waals surface area (Å²) in [6.45, 7) is 7.12. The molecule has 1 aromatic rings. The summed E-state index contributed by atoms with van der Waals surface area (Å²) < 4.78 is 6.80. The summed E-state index contributed by atoms with van der Waals surface area (Å²) in [6.07, 6.45) is 3.62. The lowest BCUT2D eigenvalue weighted by Crippen LogP contribution is -2.17. The van der Waals surface area contributed by atoms with Crippen molar-refractivity contribution in [3.63, 3.8) is 0 Å². The average molecular weight is 239 g/mol. The zero-order chi connectivity index (χ0) is 12.8. The van der Waals surface area contributed by atoms with Gasteiger partial charge < -0.3 is 10.5 Å². The van der Waals surface area contributed by atoms with Gasteiger partial charge in [-0.3, -0.25) is 4.68 Å². The molecule has 1 heterocycles. The van der Waals surface area contributed by atoms with E-state index in [1.807, 2.05) is 6.92 Å². The Bertz CT molecular complexity index is 374. The van der Waals surface area contributed by atoms with Crippen LogP contribution >= 0.6 is 0 Å². The molecule has 0 fully saturated rings. The molecular weight excluding hydrogens is 218 g/mol. The lowest BCUT2D eigenvalue weighted by Gasteiger charge is -2.11. The van der Waals surface area contributed by atoms with Gasteiger partial charge in [-0.15, -0.1) is 0 Å². The van der Waals surface area contributed by atoms with E-state index in [0.29, 0.717) is 30.5 Å². The average Bonchev–Trinajstić information content (AvgIpc) is 2.68. The zero-order valence-electron chi connectivity index (χ0n) is 10.8. The summed E-state index contributed by atoms with van der Waals surface area (Å²) in [6, 6.07) is 0. The van der Waals surface area contributed by atoms with E-state index in [4.69, 9.17) is 10.5 Å². The molecule has 1 rings (SSSR count). The molecule has 0 radical (unpaired) electrons. The molecule has 5 heteroatoms. The predicted octanol–water partition coefficient (Wildman–Crippen LogP) is 2.08. The second-order valence-corrected chi connectivity index (χ2v) is 4.26. The van der Waals surface area contributed by atoms with Crippen molar-refractivity contribution >= 4 is 11.7 Å². The summed E-state index contributed by atoms with van der Waals surface area (Å²) in [5.74, 6) is -0.00650. The van der Waals surface area contributed by atoms with Crippen molar-refractivity contribution in [3.05, 3.63) is 11.9 Å². The Morgan fingerprint density at radius 1 is 1.59 bits per heavy atom. The maximum atomic E-state index is 11.9. The molecule has 1 unspecified atom stereocenters. The molecular formula is C12H21N3O2. The molecule has 1 aromatic heterocycles. The largest absolute Gasteiger partial charge is 0.461 e. The van der Waals surface area contributed by atoms with Crippen molar-refractivity contribution in [1.29, 1.82) is 0 Å². The number of nitrogens with two attached hydrogens (primary N) is 1. The summed E-state index contributed by atoms with van der Waals surface area (Å²) in [5.41, 5.74) is 6.43. The Morgan fingerprint density at radius 3 is 2.88 bits per heavy atom. The fourth-order valence-corrected chi connectivity index (χ4v) is 1.73. The van der Waals surface area contributed by atoms with E-state index < -0.39 is 0 Å². The Kier molecular flexibility index (Phi) is 5.00. The van der Waals surface area contributed by atoms with Crippen molar-refractivity contribution < 1.29 is 9.53 Å². The van der Waals surface area contributed by atoms with Crippen LogP contribution in [0.15, 0.2) is 6.20 Å². The standard InChI is InChI=1S/C12H21N3O2/c1-4-6-9(3)8-17-12(16)11-10(13)7-14-15(11)5-2/h7,9H,4-6,8,13H2,1-3H3. The number of nitrogens with zero attached hydrogens (tertiary/aromatic N) is 2. The highest BCUT2D eigenvalue weighted by Crippen LogP contribution is 2.13. The molecule has 0 aliphatic rings. The second-order valence-electron chi connectivity index (χ2n) is 4.26. The third-order valence-electron chi connectivity index (χ3n) is 2.64. The summed E-state index contributed by atoms with van der Waals surface area (Å²) >= 11 is 0. The molecule has 5 nitrogen and oxygen atoms in total. The van der Waals surface area contributed by atoms with Crippen LogP contribution in [0.2, 0.25) is 0 Å². The first kappa shape index (κ1) is 13.5. The minimum atomic E-state index is -0.384. The predicted molar refractivity (Wildman–Crippen MR) is 66.7 cm³/mol. The normalized spacial score (nSPS) is 12.4. The number of carbonyl (C=O) groups is 1. The van der Waals surface area contributed by atoms with Gasteiger partial charge in [-0.2, -0.15) is 5.10 Å². The van der Waals surface area contributed by atoms with Crippen molar-refractivity contribution in [2.45, 2.75) is 40.2 Å². The van der Waals surface area contributed by atoms with Crippen molar-refractivity contribution in [3.8, 4) is 0 Å². The van der Waals surface area contributed by atoms with E-state index in [1.54, 1.807) is 4.68 Å². The number of anilines is 1. The number of nitrogen functional groups attached to an aromatic ring is 1. The smallest absolute Gasteiger partial charge is 0.358 e. The van der Waals surface area contributed by atoms with Crippen LogP contribution in [-0.2, 0) is 11.3 Å². The summed E-state index contributed by atoms with van der Waals surface area (Å²) in [4.78, 5) is 11.9. The molecule has 0 spiro atoms. The first-order valence-corrected chi connectivity index (χ1v) is 6.08. The maximum Gasteiger partial charge on any atom is 0.358 e. The third kappa shape index (κ3) is 3.47.